The highest BCUT2D eigenvalue weighted by molar-refractivity contribution is 5.51. The van der Waals surface area contributed by atoms with Gasteiger partial charge in [-0.3, -0.25) is 0 Å². The highest BCUT2D eigenvalue weighted by Crippen LogP contribution is 2.38. The first kappa shape index (κ1) is 15.5. The summed E-state index contributed by atoms with van der Waals surface area (Å²) in [5, 5.41) is 3.31. The van der Waals surface area contributed by atoms with Crippen molar-refractivity contribution in [3.05, 3.63) is 17.7 Å². The molecule has 1 N–H and O–H groups in total. The lowest BCUT2D eigenvalue weighted by Crippen LogP contribution is -2.19. The van der Waals surface area contributed by atoms with Gasteiger partial charge in [0.25, 0.3) is 0 Å². The van der Waals surface area contributed by atoms with Gasteiger partial charge in [-0.15, -0.1) is 11.8 Å². The molecule has 21 heavy (non-hydrogen) atoms. The van der Waals surface area contributed by atoms with Gasteiger partial charge in [0, 0.05) is 38.2 Å². The molecule has 0 aromatic heterocycles. The molecule has 5 nitrogen and oxygen atoms in total. The van der Waals surface area contributed by atoms with E-state index >= 15 is 0 Å². The van der Waals surface area contributed by atoms with Gasteiger partial charge in [-0.1, -0.05) is 0 Å². The highest BCUT2D eigenvalue weighted by Gasteiger charge is 2.17. The van der Waals surface area contributed by atoms with Crippen LogP contribution < -0.4 is 19.5 Å². The second kappa shape index (κ2) is 8.40. The van der Waals surface area contributed by atoms with Crippen molar-refractivity contribution in [3.8, 4) is 29.1 Å². The first-order chi connectivity index (χ1) is 10.3. The largest absolute Gasteiger partial charge is 0.492 e. The van der Waals surface area contributed by atoms with E-state index in [2.05, 4.69) is 17.2 Å². The van der Waals surface area contributed by atoms with Crippen LogP contribution in [0, 0.1) is 11.8 Å². The van der Waals surface area contributed by atoms with Crippen LogP contribution in [-0.2, 0) is 11.3 Å². The van der Waals surface area contributed by atoms with Crippen LogP contribution in [-0.4, -0.2) is 33.7 Å². The first-order valence-corrected chi connectivity index (χ1v) is 6.99. The molecule has 0 bridgehead atoms. The maximum absolute atomic E-state index is 5.81. The van der Waals surface area contributed by atoms with Crippen LogP contribution in [0.15, 0.2) is 12.1 Å². The minimum atomic E-state index is 0.261. The zero-order chi connectivity index (χ0) is 14.9. The summed E-state index contributed by atoms with van der Waals surface area (Å²) in [5.74, 6) is 8.14. The third-order valence-electron chi connectivity index (χ3n) is 3.02. The number of hydrogen-bond acceptors (Lipinski definition) is 5. The molecule has 114 valence electrons. The van der Waals surface area contributed by atoms with Crippen molar-refractivity contribution in [2.24, 2.45) is 0 Å². The first-order valence-electron chi connectivity index (χ1n) is 6.99. The Kier molecular flexibility index (Phi) is 6.20. The smallest absolute Gasteiger partial charge is 0.231 e. The number of hydrogen-bond donors (Lipinski definition) is 1. The Bertz CT molecular complexity index is 519. The van der Waals surface area contributed by atoms with E-state index in [9.17, 15) is 0 Å². The molecule has 1 aliphatic rings. The van der Waals surface area contributed by atoms with E-state index in [0.29, 0.717) is 26.2 Å². The van der Waals surface area contributed by atoms with Gasteiger partial charge in [0.15, 0.2) is 11.5 Å². The van der Waals surface area contributed by atoms with E-state index in [1.807, 2.05) is 19.1 Å². The molecule has 1 aromatic rings. The van der Waals surface area contributed by atoms with E-state index in [1.54, 1.807) is 7.11 Å². The predicted octanol–water partition coefficient (Wildman–Crippen LogP) is 1.94. The molecule has 0 aliphatic carbocycles. The highest BCUT2D eigenvalue weighted by atomic mass is 16.7. The van der Waals surface area contributed by atoms with Gasteiger partial charge in [0.2, 0.25) is 6.79 Å². The summed E-state index contributed by atoms with van der Waals surface area (Å²) in [7, 11) is 1.69. The zero-order valence-electron chi connectivity index (χ0n) is 12.5. The van der Waals surface area contributed by atoms with Crippen LogP contribution in [0.25, 0.3) is 0 Å². The zero-order valence-corrected chi connectivity index (χ0v) is 12.5. The number of rotatable bonds is 8. The maximum Gasteiger partial charge on any atom is 0.231 e. The van der Waals surface area contributed by atoms with Crippen molar-refractivity contribution < 1.29 is 18.9 Å². The normalized spacial score (nSPS) is 11.9. The standard InChI is InChI=1S/C16H21NO4/c1-3-4-5-7-19-14-10-16-15(20-12-21-16)9-13(14)11-17-6-8-18-2/h9-10,17H,5-8,11-12H2,1-2H3. The Balaban J connectivity index is 2.01. The van der Waals surface area contributed by atoms with Gasteiger partial charge >= 0.3 is 0 Å². The Hall–Kier alpha value is -1.90. The minimum absolute atomic E-state index is 0.261. The molecule has 2 rings (SSSR count). The fourth-order valence-corrected chi connectivity index (χ4v) is 1.97. The van der Waals surface area contributed by atoms with E-state index in [-0.39, 0.29) is 6.79 Å². The van der Waals surface area contributed by atoms with Gasteiger partial charge in [0.1, 0.15) is 5.75 Å². The number of methoxy groups -OCH3 is 1. The van der Waals surface area contributed by atoms with Crippen LogP contribution in [0.5, 0.6) is 17.2 Å². The summed E-state index contributed by atoms with van der Waals surface area (Å²) in [6, 6.07) is 3.85. The fraction of sp³-hybridized carbons (Fsp3) is 0.500. The van der Waals surface area contributed by atoms with Crippen LogP contribution >= 0.6 is 0 Å². The van der Waals surface area contributed by atoms with Gasteiger partial charge in [0.05, 0.1) is 13.2 Å². The van der Waals surface area contributed by atoms with Gasteiger partial charge < -0.3 is 24.3 Å². The summed E-state index contributed by atoms with van der Waals surface area (Å²) in [5.41, 5.74) is 1.04. The van der Waals surface area contributed by atoms with E-state index < -0.39 is 0 Å². The molecule has 0 atom stereocenters. The van der Waals surface area contributed by atoms with E-state index in [4.69, 9.17) is 18.9 Å². The molecule has 1 aromatic carbocycles. The third kappa shape index (κ3) is 4.55. The molecule has 0 spiro atoms. The molecule has 0 fully saturated rings. The average Bonchev–Trinajstić information content (AvgIpc) is 2.95. The van der Waals surface area contributed by atoms with Crippen molar-refractivity contribution in [1.29, 1.82) is 0 Å². The lowest BCUT2D eigenvalue weighted by molar-refractivity contribution is 0.173. The summed E-state index contributed by atoms with van der Waals surface area (Å²) in [6.07, 6.45) is 0.710. The van der Waals surface area contributed by atoms with Crippen molar-refractivity contribution in [3.63, 3.8) is 0 Å². The second-order valence-corrected chi connectivity index (χ2v) is 4.51. The average molecular weight is 291 g/mol. The van der Waals surface area contributed by atoms with Crippen LogP contribution in [0.4, 0.5) is 0 Å². The summed E-state index contributed by atoms with van der Waals surface area (Å²) in [6.45, 7) is 4.79. The van der Waals surface area contributed by atoms with Gasteiger partial charge in [-0.2, -0.15) is 0 Å². The molecule has 0 saturated carbocycles. The summed E-state index contributed by atoms with van der Waals surface area (Å²) < 4.78 is 21.6. The van der Waals surface area contributed by atoms with Crippen LogP contribution in [0.1, 0.15) is 18.9 Å². The van der Waals surface area contributed by atoms with Crippen molar-refractivity contribution in [2.75, 3.05) is 33.7 Å². The molecule has 1 heterocycles. The number of benzene rings is 1. The predicted molar refractivity (Wildman–Crippen MR) is 79.7 cm³/mol. The molecule has 0 radical (unpaired) electrons. The lowest BCUT2D eigenvalue weighted by atomic mass is 10.1. The SMILES string of the molecule is CC#CCCOc1cc2c(cc1CNCCOC)OCO2. The summed E-state index contributed by atoms with van der Waals surface area (Å²) >= 11 is 0. The second-order valence-electron chi connectivity index (χ2n) is 4.51. The van der Waals surface area contributed by atoms with Crippen molar-refractivity contribution in [2.45, 2.75) is 19.9 Å². The monoisotopic (exact) mass is 291 g/mol. The molecule has 0 amide bonds. The van der Waals surface area contributed by atoms with Crippen LogP contribution in [0.2, 0.25) is 0 Å². The molecular formula is C16H21NO4. The van der Waals surface area contributed by atoms with Crippen LogP contribution in [0.3, 0.4) is 0 Å². The maximum atomic E-state index is 5.81. The Morgan fingerprint density at radius 2 is 2.05 bits per heavy atom. The molecule has 0 unspecified atom stereocenters. The Morgan fingerprint density at radius 3 is 2.81 bits per heavy atom. The van der Waals surface area contributed by atoms with Crippen molar-refractivity contribution >= 4 is 0 Å². The molecule has 1 aliphatic heterocycles. The lowest BCUT2D eigenvalue weighted by Gasteiger charge is -2.12. The topological polar surface area (TPSA) is 49.0 Å². The minimum Gasteiger partial charge on any atom is -0.492 e. The third-order valence-corrected chi connectivity index (χ3v) is 3.02. The molecule has 5 heteroatoms. The quantitative estimate of drug-likeness (QED) is 0.586. The molecular weight excluding hydrogens is 270 g/mol. The molecule has 0 saturated heterocycles. The Morgan fingerprint density at radius 1 is 1.24 bits per heavy atom. The van der Waals surface area contributed by atoms with E-state index in [1.165, 1.54) is 0 Å². The summed E-state index contributed by atoms with van der Waals surface area (Å²) in [4.78, 5) is 0. The fourth-order valence-electron chi connectivity index (χ4n) is 1.97. The Labute approximate surface area is 125 Å². The van der Waals surface area contributed by atoms with Gasteiger partial charge in [-0.25, -0.2) is 0 Å². The van der Waals surface area contributed by atoms with Crippen molar-refractivity contribution in [1.82, 2.24) is 5.32 Å². The number of fused-ring (bicyclic) bond motifs is 1. The van der Waals surface area contributed by atoms with Gasteiger partial charge in [-0.05, 0) is 13.0 Å². The number of nitrogens with one attached hydrogen (secondary N) is 1. The van der Waals surface area contributed by atoms with E-state index in [0.717, 1.165) is 29.4 Å². The number of ether oxygens (including phenoxy) is 4.